The predicted octanol–water partition coefficient (Wildman–Crippen LogP) is 22.1. The van der Waals surface area contributed by atoms with Crippen molar-refractivity contribution in [2.24, 2.45) is 5.92 Å². The molecule has 1 unspecified atom stereocenters. The van der Waals surface area contributed by atoms with Crippen molar-refractivity contribution in [2.45, 2.75) is 165 Å². The molecule has 14 rings (SSSR count). The minimum Gasteiger partial charge on any atom is -0.454 e. The molecular weight excluding hydrogens is 1120 g/mol. The van der Waals surface area contributed by atoms with Gasteiger partial charge in [-0.1, -0.05) is 218 Å². The summed E-state index contributed by atoms with van der Waals surface area (Å²) in [6.07, 6.45) is 6.74. The highest BCUT2D eigenvalue weighted by Gasteiger charge is 2.28. The molecular formula is C78H93N5O3S2. The van der Waals surface area contributed by atoms with Crippen LogP contribution in [0.1, 0.15) is 190 Å². The van der Waals surface area contributed by atoms with E-state index >= 15 is 0 Å². The number of para-hydroxylation sites is 2. The van der Waals surface area contributed by atoms with Crippen molar-refractivity contribution in [1.29, 1.82) is 0 Å². The number of anilines is 1. The quantitative estimate of drug-likeness (QED) is 0.157. The monoisotopic (exact) mass is 1210 g/mol. The van der Waals surface area contributed by atoms with E-state index in [-0.39, 0.29) is 19.4 Å². The van der Waals surface area contributed by atoms with E-state index in [1.165, 1.54) is 65.6 Å². The number of benzene rings is 7. The number of thiophene rings is 1. The van der Waals surface area contributed by atoms with Gasteiger partial charge in [0.25, 0.3) is 0 Å². The zero-order chi connectivity index (χ0) is 62.1. The van der Waals surface area contributed by atoms with E-state index in [0.29, 0.717) is 42.8 Å². The average molecular weight is 1210 g/mol. The summed E-state index contributed by atoms with van der Waals surface area (Å²) in [5.41, 5.74) is 12.7. The van der Waals surface area contributed by atoms with Crippen LogP contribution in [-0.2, 0) is 17.6 Å². The number of aryl methyl sites for hydroxylation is 1. The molecule has 0 saturated heterocycles. The number of amides is 1. The molecule has 2 aliphatic heterocycles. The molecule has 0 bridgehead atoms. The fourth-order valence-corrected chi connectivity index (χ4v) is 13.1. The third-order valence-corrected chi connectivity index (χ3v) is 18.0. The van der Waals surface area contributed by atoms with Gasteiger partial charge in [0.2, 0.25) is 12.7 Å². The highest BCUT2D eigenvalue weighted by molar-refractivity contribution is 7.18. The zero-order valence-corrected chi connectivity index (χ0v) is 55.3. The van der Waals surface area contributed by atoms with Crippen LogP contribution in [0, 0.1) is 5.92 Å². The lowest BCUT2D eigenvalue weighted by molar-refractivity contribution is -0.117. The van der Waals surface area contributed by atoms with Gasteiger partial charge in [0.05, 0.1) is 43.2 Å². The lowest BCUT2D eigenvalue weighted by Gasteiger charge is -2.21. The Balaban J connectivity index is 0.000000146. The summed E-state index contributed by atoms with van der Waals surface area (Å²) >= 11 is 3.51. The number of nitrogens with zero attached hydrogens (tertiary/aromatic N) is 5. The summed E-state index contributed by atoms with van der Waals surface area (Å²) in [5.74, 6) is 6.24. The highest BCUT2D eigenvalue weighted by Crippen LogP contribution is 2.38. The van der Waals surface area contributed by atoms with Crippen molar-refractivity contribution >= 4 is 76.2 Å². The average Bonchev–Trinajstić information content (AvgIpc) is 3.68. The number of thiazole rings is 1. The number of ether oxygens (including phenoxy) is 2. The van der Waals surface area contributed by atoms with E-state index in [9.17, 15) is 4.79 Å². The number of hydrogen-bond acceptors (Lipinski definition) is 9. The van der Waals surface area contributed by atoms with Gasteiger partial charge in [0.1, 0.15) is 6.33 Å². The van der Waals surface area contributed by atoms with Gasteiger partial charge in [-0.25, -0.2) is 15.0 Å². The summed E-state index contributed by atoms with van der Waals surface area (Å²) in [7, 11) is 0. The Kier molecular flexibility index (Phi) is 25.0. The Bertz CT molecular complexity index is 3840. The van der Waals surface area contributed by atoms with E-state index in [1.807, 2.05) is 73.5 Å². The number of hydrogen-bond donors (Lipinski definition) is 0. The fourth-order valence-electron chi connectivity index (χ4n) is 11.1. The number of carbonyl (C=O) groups is 1. The zero-order valence-electron chi connectivity index (χ0n) is 53.6. The number of rotatable bonds is 7. The van der Waals surface area contributed by atoms with Gasteiger partial charge >= 0.3 is 0 Å². The van der Waals surface area contributed by atoms with Gasteiger partial charge in [-0.3, -0.25) is 9.78 Å². The standard InChI is InChI=1S/C13H14.C12H13N.C12H16.C11H13NO.C10H11NS.C10H12O2.C9H10N2S.CH4/c1-10(2)12-9-5-7-11-6-3-4-8-13(11)12;1-9(2)12-11-6-4-3-5-10(11)7-8-13-12;1-9(2)11-8-7-10-5-3-4-6-12(10)11;1-8(2)12-10-6-4-3-5-9(10)7-11(12)13;1-7(2)10-11-8-5-3-4-6-9(8)12-10;1-7(2)8-3-4-9-10(5-8)12-6-11-9;1-6(2)8-9-7(3-4-12-9)10-5-11-8;/h3-10H,1-2H3;3-9H,1-2H3;3-6,9,11H,7-8H2,1-2H3;3-6,8H,7H2,1-2H3;3-7H,1-2H3;3-5,7H,6H2,1-2H3;3-6H,1-2H3;1H4. The van der Waals surface area contributed by atoms with E-state index < -0.39 is 0 Å². The Morgan fingerprint density at radius 3 is 1.86 bits per heavy atom. The van der Waals surface area contributed by atoms with E-state index in [2.05, 4.69) is 230 Å². The second-order valence-corrected chi connectivity index (χ2v) is 26.5. The second-order valence-electron chi connectivity index (χ2n) is 24.5. The summed E-state index contributed by atoms with van der Waals surface area (Å²) < 4.78 is 13.0. The normalized spacial score (nSPS) is 13.4. The molecule has 1 aliphatic carbocycles. The molecule has 11 aromatic rings. The van der Waals surface area contributed by atoms with Gasteiger partial charge in [-0.05, 0) is 154 Å². The van der Waals surface area contributed by atoms with Crippen molar-refractivity contribution in [3.63, 3.8) is 0 Å². The van der Waals surface area contributed by atoms with Gasteiger partial charge in [-0.2, -0.15) is 0 Å². The molecule has 0 spiro atoms. The first-order valence-electron chi connectivity index (χ1n) is 31.1. The second kappa shape index (κ2) is 32.4. The minimum absolute atomic E-state index is 0. The summed E-state index contributed by atoms with van der Waals surface area (Å²) in [5, 5.41) is 8.58. The number of carbonyl (C=O) groups excluding carboxylic acids is 1. The summed E-state index contributed by atoms with van der Waals surface area (Å²) in [4.78, 5) is 30.9. The van der Waals surface area contributed by atoms with Crippen LogP contribution < -0.4 is 14.4 Å². The fraction of sp³-hybridized carbons (Fsp3) is 0.346. The molecule has 88 heavy (non-hydrogen) atoms. The first-order valence-corrected chi connectivity index (χ1v) is 32.8. The number of fused-ring (bicyclic) bond motifs is 7. The molecule has 1 atom stereocenters. The van der Waals surface area contributed by atoms with Gasteiger partial charge < -0.3 is 14.4 Å². The minimum atomic E-state index is 0. The largest absolute Gasteiger partial charge is 0.454 e. The first-order chi connectivity index (χ1) is 41.9. The van der Waals surface area contributed by atoms with Crippen molar-refractivity contribution < 1.29 is 14.3 Å². The molecule has 0 N–H and O–H groups in total. The molecule has 10 heteroatoms. The maximum Gasteiger partial charge on any atom is 0.231 e. The third-order valence-electron chi connectivity index (χ3n) is 15.7. The lowest BCUT2D eigenvalue weighted by Crippen LogP contribution is -2.33. The Morgan fingerprint density at radius 1 is 0.545 bits per heavy atom. The molecule has 3 aliphatic rings. The highest BCUT2D eigenvalue weighted by atomic mass is 32.1. The number of pyridine rings is 1. The van der Waals surface area contributed by atoms with Gasteiger partial charge in [0.15, 0.2) is 11.5 Å². The molecule has 460 valence electrons. The molecule has 1 amide bonds. The van der Waals surface area contributed by atoms with E-state index in [4.69, 9.17) is 9.47 Å². The van der Waals surface area contributed by atoms with E-state index in [0.717, 1.165) is 51.3 Å². The third kappa shape index (κ3) is 17.5. The van der Waals surface area contributed by atoms with Crippen LogP contribution in [0.15, 0.2) is 188 Å². The maximum absolute atomic E-state index is 11.6. The van der Waals surface area contributed by atoms with Crippen molar-refractivity contribution in [1.82, 2.24) is 19.9 Å². The van der Waals surface area contributed by atoms with Gasteiger partial charge in [-0.15, -0.1) is 22.7 Å². The predicted molar refractivity (Wildman–Crippen MR) is 378 cm³/mol. The Hall–Kier alpha value is -7.79. The Morgan fingerprint density at radius 2 is 1.18 bits per heavy atom. The molecule has 8 nitrogen and oxygen atoms in total. The topological polar surface area (TPSA) is 90.3 Å². The van der Waals surface area contributed by atoms with Crippen molar-refractivity contribution in [2.75, 3.05) is 11.7 Å². The first kappa shape index (κ1) is 67.7. The summed E-state index contributed by atoms with van der Waals surface area (Å²) in [6, 6.07) is 59.1. The van der Waals surface area contributed by atoms with E-state index in [1.54, 1.807) is 40.1 Å². The SMILES string of the molecule is C.CC(C)C1CCc2ccccc21.CC(C)N1C(=O)Cc2ccccc21.CC(C)c1ccc2c(c1)OCO2.CC(C)c1cccc2ccccc12.CC(C)c1nc2ccccc2s1.CC(C)c1nccc2ccccc12.CC(C)c1ncnc2ccsc12. The lowest BCUT2D eigenvalue weighted by atomic mass is 9.90. The van der Waals surface area contributed by atoms with Crippen LogP contribution in [0.3, 0.4) is 0 Å². The molecule has 0 saturated carbocycles. The maximum atomic E-state index is 11.6. The van der Waals surface area contributed by atoms with Crippen LogP contribution in [-0.4, -0.2) is 38.7 Å². The van der Waals surface area contributed by atoms with Crippen LogP contribution in [0.2, 0.25) is 0 Å². The van der Waals surface area contributed by atoms with Crippen LogP contribution >= 0.6 is 22.7 Å². The van der Waals surface area contributed by atoms with Crippen molar-refractivity contribution in [3.05, 3.63) is 232 Å². The Labute approximate surface area is 533 Å². The molecule has 6 heterocycles. The van der Waals surface area contributed by atoms with Crippen LogP contribution in [0.4, 0.5) is 5.69 Å². The number of aromatic nitrogens is 4. The molecule has 7 aromatic carbocycles. The van der Waals surface area contributed by atoms with Gasteiger partial charge in [0, 0.05) is 29.2 Å². The molecule has 0 radical (unpaired) electrons. The molecule has 0 fully saturated rings. The van der Waals surface area contributed by atoms with Crippen LogP contribution in [0.25, 0.3) is 42.0 Å². The smallest absolute Gasteiger partial charge is 0.231 e. The van der Waals surface area contributed by atoms with Crippen LogP contribution in [0.5, 0.6) is 11.5 Å². The van der Waals surface area contributed by atoms with Crippen molar-refractivity contribution in [3.8, 4) is 11.5 Å². The summed E-state index contributed by atoms with van der Waals surface area (Å²) in [6.45, 7) is 30.9. The molecule has 4 aromatic heterocycles.